The molecule has 0 heterocycles. The van der Waals surface area contributed by atoms with Gasteiger partial charge in [-0.15, -0.1) is 12.3 Å². The van der Waals surface area contributed by atoms with Gasteiger partial charge in [0.05, 0.1) is 6.04 Å². The van der Waals surface area contributed by atoms with Gasteiger partial charge in [0.25, 0.3) is 0 Å². The monoisotopic (exact) mass is 245 g/mol. The molecule has 0 aliphatic carbocycles. The summed E-state index contributed by atoms with van der Waals surface area (Å²) >= 11 is 0. The Morgan fingerprint density at radius 1 is 1.50 bits per heavy atom. The average Bonchev–Trinajstić information content (AvgIpc) is 2.31. The van der Waals surface area contributed by atoms with Crippen LogP contribution in [0.4, 0.5) is 5.69 Å². The standard InChI is InChI=1S/C14H19N3O/c1-4-7-12(15)14(18)16-13-9-6-5-8-11(13)10-17(2)3/h1,5-6,8-9,12H,7,10,15H2,2-3H3,(H,16,18). The van der Waals surface area contributed by atoms with Crippen molar-refractivity contribution in [3.05, 3.63) is 29.8 Å². The minimum absolute atomic E-state index is 0.238. The van der Waals surface area contributed by atoms with Crippen LogP contribution in [-0.2, 0) is 11.3 Å². The Balaban J connectivity index is 2.78. The molecule has 0 bridgehead atoms. The number of carbonyl (C=O) groups is 1. The SMILES string of the molecule is C#CCC(N)C(=O)Nc1ccccc1CN(C)C. The maximum absolute atomic E-state index is 11.8. The number of terminal acetylenes is 1. The smallest absolute Gasteiger partial charge is 0.242 e. The zero-order valence-corrected chi connectivity index (χ0v) is 10.8. The number of nitrogens with one attached hydrogen (secondary N) is 1. The topological polar surface area (TPSA) is 58.4 Å². The predicted molar refractivity (Wildman–Crippen MR) is 73.9 cm³/mol. The largest absolute Gasteiger partial charge is 0.324 e. The van der Waals surface area contributed by atoms with Crippen LogP contribution in [0.1, 0.15) is 12.0 Å². The maximum atomic E-state index is 11.8. The first-order valence-corrected chi connectivity index (χ1v) is 5.77. The van der Waals surface area contributed by atoms with Crippen LogP contribution in [0.5, 0.6) is 0 Å². The average molecular weight is 245 g/mol. The quantitative estimate of drug-likeness (QED) is 0.762. The van der Waals surface area contributed by atoms with Crippen molar-refractivity contribution in [2.45, 2.75) is 19.0 Å². The van der Waals surface area contributed by atoms with Crippen molar-refractivity contribution in [1.82, 2.24) is 4.90 Å². The van der Waals surface area contributed by atoms with E-state index in [1.807, 2.05) is 43.3 Å². The van der Waals surface area contributed by atoms with Gasteiger partial charge in [-0.25, -0.2) is 0 Å². The van der Waals surface area contributed by atoms with Crippen LogP contribution in [0.2, 0.25) is 0 Å². The summed E-state index contributed by atoms with van der Waals surface area (Å²) in [5.74, 6) is 2.14. The van der Waals surface area contributed by atoms with E-state index >= 15 is 0 Å². The Hall–Kier alpha value is -1.83. The highest BCUT2D eigenvalue weighted by Gasteiger charge is 2.13. The molecule has 1 rings (SSSR count). The minimum Gasteiger partial charge on any atom is -0.324 e. The number of benzene rings is 1. The molecule has 4 nitrogen and oxygen atoms in total. The van der Waals surface area contributed by atoms with Crippen LogP contribution < -0.4 is 11.1 Å². The van der Waals surface area contributed by atoms with Crippen LogP contribution in [0, 0.1) is 12.3 Å². The molecule has 18 heavy (non-hydrogen) atoms. The van der Waals surface area contributed by atoms with Gasteiger partial charge in [-0.2, -0.15) is 0 Å². The second-order valence-corrected chi connectivity index (χ2v) is 4.40. The van der Waals surface area contributed by atoms with Crippen molar-refractivity contribution in [3.8, 4) is 12.3 Å². The van der Waals surface area contributed by atoms with Crippen molar-refractivity contribution in [3.63, 3.8) is 0 Å². The molecule has 0 fully saturated rings. The van der Waals surface area contributed by atoms with E-state index < -0.39 is 6.04 Å². The predicted octanol–water partition coefficient (Wildman–Crippen LogP) is 1.04. The van der Waals surface area contributed by atoms with Crippen molar-refractivity contribution in [1.29, 1.82) is 0 Å². The van der Waals surface area contributed by atoms with E-state index in [9.17, 15) is 4.79 Å². The molecule has 0 saturated heterocycles. The highest BCUT2D eigenvalue weighted by Crippen LogP contribution is 2.16. The Morgan fingerprint density at radius 2 is 2.17 bits per heavy atom. The van der Waals surface area contributed by atoms with E-state index in [0.717, 1.165) is 17.8 Å². The van der Waals surface area contributed by atoms with E-state index in [2.05, 4.69) is 11.2 Å². The lowest BCUT2D eigenvalue weighted by Crippen LogP contribution is -2.35. The summed E-state index contributed by atoms with van der Waals surface area (Å²) in [6, 6.07) is 6.99. The number of rotatable bonds is 5. The van der Waals surface area contributed by atoms with Crippen molar-refractivity contribution in [2.75, 3.05) is 19.4 Å². The van der Waals surface area contributed by atoms with Gasteiger partial charge >= 0.3 is 0 Å². The Labute approximate surface area is 108 Å². The summed E-state index contributed by atoms with van der Waals surface area (Å²) in [7, 11) is 3.95. The molecule has 1 unspecified atom stereocenters. The molecule has 0 radical (unpaired) electrons. The van der Waals surface area contributed by atoms with E-state index in [0.29, 0.717) is 0 Å². The van der Waals surface area contributed by atoms with Crippen LogP contribution in [0.15, 0.2) is 24.3 Å². The summed E-state index contributed by atoms with van der Waals surface area (Å²) in [5, 5.41) is 2.81. The molecule has 0 aliphatic rings. The second-order valence-electron chi connectivity index (χ2n) is 4.40. The number of nitrogens with zero attached hydrogens (tertiary/aromatic N) is 1. The van der Waals surface area contributed by atoms with Crippen LogP contribution in [0.25, 0.3) is 0 Å². The lowest BCUT2D eigenvalue weighted by atomic mass is 10.1. The molecule has 0 spiro atoms. The van der Waals surface area contributed by atoms with Crippen LogP contribution in [-0.4, -0.2) is 30.9 Å². The fourth-order valence-corrected chi connectivity index (χ4v) is 1.57. The molecule has 96 valence electrons. The first kappa shape index (κ1) is 14.2. The van der Waals surface area contributed by atoms with Crippen LogP contribution in [0.3, 0.4) is 0 Å². The fourth-order valence-electron chi connectivity index (χ4n) is 1.57. The molecule has 0 saturated carbocycles. The van der Waals surface area contributed by atoms with Gasteiger partial charge in [-0.1, -0.05) is 18.2 Å². The molecular formula is C14H19N3O. The van der Waals surface area contributed by atoms with E-state index in [4.69, 9.17) is 12.2 Å². The summed E-state index contributed by atoms with van der Waals surface area (Å²) < 4.78 is 0. The molecule has 4 heteroatoms. The Kier molecular flexibility index (Phi) is 5.37. The molecule has 0 aromatic heterocycles. The molecule has 1 aromatic carbocycles. The maximum Gasteiger partial charge on any atom is 0.242 e. The Morgan fingerprint density at radius 3 is 2.78 bits per heavy atom. The number of hydrogen-bond acceptors (Lipinski definition) is 3. The first-order valence-electron chi connectivity index (χ1n) is 5.77. The highest BCUT2D eigenvalue weighted by atomic mass is 16.2. The zero-order chi connectivity index (χ0) is 13.5. The first-order chi connectivity index (χ1) is 8.54. The van der Waals surface area contributed by atoms with Gasteiger partial charge in [-0.05, 0) is 25.7 Å². The molecule has 1 aromatic rings. The summed E-state index contributed by atoms with van der Waals surface area (Å²) in [5.41, 5.74) is 7.49. The number of carbonyl (C=O) groups excluding carboxylic acids is 1. The van der Waals surface area contributed by atoms with E-state index in [-0.39, 0.29) is 12.3 Å². The molecule has 3 N–H and O–H groups in total. The van der Waals surface area contributed by atoms with E-state index in [1.165, 1.54) is 0 Å². The fraction of sp³-hybridized carbons (Fsp3) is 0.357. The van der Waals surface area contributed by atoms with Gasteiger partial charge in [0.1, 0.15) is 0 Å². The van der Waals surface area contributed by atoms with Gasteiger partial charge < -0.3 is 16.0 Å². The highest BCUT2D eigenvalue weighted by molar-refractivity contribution is 5.95. The van der Waals surface area contributed by atoms with Gasteiger partial charge in [0.2, 0.25) is 5.91 Å². The Bertz CT molecular complexity index is 449. The number of nitrogens with two attached hydrogens (primary N) is 1. The minimum atomic E-state index is -0.664. The molecule has 1 amide bonds. The van der Waals surface area contributed by atoms with E-state index in [1.54, 1.807) is 0 Å². The van der Waals surface area contributed by atoms with Crippen molar-refractivity contribution >= 4 is 11.6 Å². The summed E-state index contributed by atoms with van der Waals surface area (Å²) in [6.45, 7) is 0.751. The molecular weight excluding hydrogens is 226 g/mol. The lowest BCUT2D eigenvalue weighted by Gasteiger charge is -2.16. The third-order valence-corrected chi connectivity index (χ3v) is 2.44. The molecule has 0 aliphatic heterocycles. The second kappa shape index (κ2) is 6.80. The number of anilines is 1. The number of amides is 1. The van der Waals surface area contributed by atoms with Crippen molar-refractivity contribution < 1.29 is 4.79 Å². The lowest BCUT2D eigenvalue weighted by molar-refractivity contribution is -0.117. The van der Waals surface area contributed by atoms with Crippen LogP contribution >= 0.6 is 0 Å². The summed E-state index contributed by atoms with van der Waals surface area (Å²) in [4.78, 5) is 13.8. The summed E-state index contributed by atoms with van der Waals surface area (Å²) in [6.07, 6.45) is 5.38. The third kappa shape index (κ3) is 4.21. The van der Waals surface area contributed by atoms with Crippen molar-refractivity contribution in [2.24, 2.45) is 5.73 Å². The van der Waals surface area contributed by atoms with Gasteiger partial charge in [-0.3, -0.25) is 4.79 Å². The zero-order valence-electron chi connectivity index (χ0n) is 10.8. The van der Waals surface area contributed by atoms with Gasteiger partial charge in [0.15, 0.2) is 0 Å². The number of para-hydroxylation sites is 1. The normalized spacial score (nSPS) is 11.9. The number of hydrogen-bond donors (Lipinski definition) is 2. The third-order valence-electron chi connectivity index (χ3n) is 2.44. The molecule has 1 atom stereocenters. The van der Waals surface area contributed by atoms with Gasteiger partial charge in [0, 0.05) is 18.7 Å².